The Bertz CT molecular complexity index is 792. The fraction of sp³-hybridized carbons (Fsp3) is 0.200. The average Bonchev–Trinajstić information content (AvgIpc) is 2.54. The molecule has 0 fully saturated rings. The van der Waals surface area contributed by atoms with Crippen molar-refractivity contribution in [1.29, 1.82) is 0 Å². The van der Waals surface area contributed by atoms with Gasteiger partial charge in [0.25, 0.3) is 11.6 Å². The molecule has 0 aliphatic rings. The quantitative estimate of drug-likeness (QED) is 0.654. The Morgan fingerprint density at radius 3 is 2.60 bits per heavy atom. The summed E-state index contributed by atoms with van der Waals surface area (Å²) in [6, 6.07) is 6.59. The van der Waals surface area contributed by atoms with Gasteiger partial charge in [-0.15, -0.1) is 0 Å². The zero-order chi connectivity index (χ0) is 18.6. The maximum absolute atomic E-state index is 12.1. The Kier molecular flexibility index (Phi) is 5.20. The largest absolute Gasteiger partial charge is 0.468 e. The van der Waals surface area contributed by atoms with Crippen LogP contribution in [0.15, 0.2) is 36.5 Å². The second-order valence-electron chi connectivity index (χ2n) is 4.95. The Labute approximate surface area is 139 Å². The molecule has 1 amide bonds. The van der Waals surface area contributed by atoms with Gasteiger partial charge in [-0.25, -0.2) is 4.98 Å². The third kappa shape index (κ3) is 4.90. The fourth-order valence-electron chi connectivity index (χ4n) is 1.91. The Hall–Kier alpha value is -3.17. The molecule has 25 heavy (non-hydrogen) atoms. The molecule has 10 heteroatoms. The van der Waals surface area contributed by atoms with Crippen LogP contribution < -0.4 is 10.1 Å². The van der Waals surface area contributed by atoms with E-state index in [1.165, 1.54) is 31.2 Å². The van der Waals surface area contributed by atoms with E-state index in [1.54, 1.807) is 0 Å². The molecule has 1 aromatic carbocycles. The molecule has 0 aliphatic heterocycles. The van der Waals surface area contributed by atoms with Crippen LogP contribution in [0, 0.1) is 17.0 Å². The van der Waals surface area contributed by atoms with Gasteiger partial charge in [0, 0.05) is 18.3 Å². The fourth-order valence-corrected chi connectivity index (χ4v) is 1.91. The highest BCUT2D eigenvalue weighted by Gasteiger charge is 2.28. The van der Waals surface area contributed by atoms with Crippen LogP contribution in [-0.2, 0) is 0 Å². The third-order valence-corrected chi connectivity index (χ3v) is 3.13. The van der Waals surface area contributed by atoms with Gasteiger partial charge in [0.05, 0.1) is 21.7 Å². The molecule has 7 nitrogen and oxygen atoms in total. The number of anilines is 1. The number of aromatic nitrogens is 1. The van der Waals surface area contributed by atoms with Crippen molar-refractivity contribution >= 4 is 17.3 Å². The maximum atomic E-state index is 12.1. The molecule has 0 unspecified atom stereocenters. The molecular formula is C15H12F3N3O4. The number of hydrogen-bond donors (Lipinski definition) is 1. The molecule has 0 radical (unpaired) electrons. The number of carbonyl (C=O) groups excluding carboxylic acids is 1. The molecule has 1 heterocycles. The summed E-state index contributed by atoms with van der Waals surface area (Å²) in [4.78, 5) is 26.1. The molecule has 0 aliphatic carbocycles. The number of ether oxygens (including phenoxy) is 1. The zero-order valence-electron chi connectivity index (χ0n) is 12.8. The van der Waals surface area contributed by atoms with Crippen LogP contribution in [0.1, 0.15) is 15.9 Å². The zero-order valence-corrected chi connectivity index (χ0v) is 12.8. The third-order valence-electron chi connectivity index (χ3n) is 3.13. The second kappa shape index (κ2) is 7.16. The van der Waals surface area contributed by atoms with Gasteiger partial charge in [0.2, 0.25) is 5.88 Å². The molecule has 0 saturated heterocycles. The number of pyridine rings is 1. The van der Waals surface area contributed by atoms with Gasteiger partial charge in [-0.3, -0.25) is 14.9 Å². The molecule has 1 N–H and O–H groups in total. The number of carbonyl (C=O) groups is 1. The molecule has 132 valence electrons. The minimum atomic E-state index is -4.49. The summed E-state index contributed by atoms with van der Waals surface area (Å²) in [5.41, 5.74) is 0.438. The van der Waals surface area contributed by atoms with E-state index in [0.717, 1.165) is 12.3 Å². The van der Waals surface area contributed by atoms with Crippen LogP contribution in [-0.4, -0.2) is 28.6 Å². The molecule has 2 rings (SSSR count). The van der Waals surface area contributed by atoms with Crippen LogP contribution in [0.4, 0.5) is 24.5 Å². The second-order valence-corrected chi connectivity index (χ2v) is 4.95. The number of hydrogen-bond acceptors (Lipinski definition) is 5. The van der Waals surface area contributed by atoms with Crippen LogP contribution >= 0.6 is 0 Å². The molecule has 2 aromatic rings. The summed E-state index contributed by atoms with van der Waals surface area (Å²) < 4.78 is 40.6. The Morgan fingerprint density at radius 2 is 2.04 bits per heavy atom. The highest BCUT2D eigenvalue weighted by Crippen LogP contribution is 2.25. The van der Waals surface area contributed by atoms with Gasteiger partial charge >= 0.3 is 6.18 Å². The van der Waals surface area contributed by atoms with Crippen LogP contribution in [0.2, 0.25) is 0 Å². The van der Waals surface area contributed by atoms with Crippen molar-refractivity contribution < 1.29 is 27.6 Å². The number of alkyl halides is 3. The van der Waals surface area contributed by atoms with Gasteiger partial charge in [-0.05, 0) is 19.1 Å². The number of halogens is 3. The van der Waals surface area contributed by atoms with Gasteiger partial charge in [0.15, 0.2) is 6.61 Å². The number of nitrogens with zero attached hydrogens (tertiary/aromatic N) is 2. The summed E-state index contributed by atoms with van der Waals surface area (Å²) in [5.74, 6) is -0.890. The van der Waals surface area contributed by atoms with Crippen molar-refractivity contribution in [3.63, 3.8) is 0 Å². The van der Waals surface area contributed by atoms with E-state index in [4.69, 9.17) is 0 Å². The monoisotopic (exact) mass is 355 g/mol. The first-order valence-electron chi connectivity index (χ1n) is 6.88. The number of nitro benzene ring substituents is 1. The summed E-state index contributed by atoms with van der Waals surface area (Å²) >= 11 is 0. The van der Waals surface area contributed by atoms with Crippen LogP contribution in [0.5, 0.6) is 5.88 Å². The lowest BCUT2D eigenvalue weighted by atomic mass is 10.1. The van der Waals surface area contributed by atoms with Gasteiger partial charge in [0.1, 0.15) is 0 Å². The molecular weight excluding hydrogens is 343 g/mol. The van der Waals surface area contributed by atoms with E-state index in [2.05, 4.69) is 15.0 Å². The Morgan fingerprint density at radius 1 is 1.32 bits per heavy atom. The molecule has 0 spiro atoms. The van der Waals surface area contributed by atoms with E-state index in [0.29, 0.717) is 0 Å². The van der Waals surface area contributed by atoms with Gasteiger partial charge < -0.3 is 10.1 Å². The lowest BCUT2D eigenvalue weighted by Gasteiger charge is -2.10. The average molecular weight is 355 g/mol. The first-order chi connectivity index (χ1) is 11.7. The predicted octanol–water partition coefficient (Wildman–Crippen LogP) is 3.49. The Balaban J connectivity index is 2.09. The smallest absolute Gasteiger partial charge is 0.422 e. The predicted molar refractivity (Wildman–Crippen MR) is 81.6 cm³/mol. The van der Waals surface area contributed by atoms with Crippen molar-refractivity contribution in [3.8, 4) is 5.88 Å². The van der Waals surface area contributed by atoms with Crippen molar-refractivity contribution in [1.82, 2.24) is 4.98 Å². The standard InChI is InChI=1S/C15H12F3N3O4/c1-9-11(3-2-4-12(9)21(23)24)20-14(22)10-5-6-13(19-7-10)25-8-15(16,17)18/h2-7H,8H2,1H3,(H,20,22). The van der Waals surface area contributed by atoms with Gasteiger partial charge in [-0.1, -0.05) is 6.07 Å². The van der Waals surface area contributed by atoms with Crippen molar-refractivity contribution in [2.75, 3.05) is 11.9 Å². The highest BCUT2D eigenvalue weighted by atomic mass is 19.4. The van der Waals surface area contributed by atoms with Crippen molar-refractivity contribution in [2.45, 2.75) is 13.1 Å². The van der Waals surface area contributed by atoms with E-state index in [9.17, 15) is 28.1 Å². The molecule has 0 bridgehead atoms. The summed E-state index contributed by atoms with van der Waals surface area (Å²) in [6.07, 6.45) is -3.44. The minimum Gasteiger partial charge on any atom is -0.468 e. The molecule has 1 aromatic heterocycles. The normalized spacial score (nSPS) is 11.0. The lowest BCUT2D eigenvalue weighted by molar-refractivity contribution is -0.385. The van der Waals surface area contributed by atoms with Crippen molar-refractivity contribution in [2.24, 2.45) is 0 Å². The van der Waals surface area contributed by atoms with Crippen LogP contribution in [0.3, 0.4) is 0 Å². The minimum absolute atomic E-state index is 0.0604. The number of benzene rings is 1. The summed E-state index contributed by atoms with van der Waals surface area (Å²) in [6.45, 7) is -0.00150. The number of nitro groups is 1. The van der Waals surface area contributed by atoms with E-state index in [1.807, 2.05) is 0 Å². The summed E-state index contributed by atoms with van der Waals surface area (Å²) in [7, 11) is 0. The van der Waals surface area contributed by atoms with Crippen molar-refractivity contribution in [3.05, 3.63) is 57.8 Å². The van der Waals surface area contributed by atoms with E-state index >= 15 is 0 Å². The highest BCUT2D eigenvalue weighted by molar-refractivity contribution is 6.04. The molecule has 0 atom stereocenters. The number of nitrogens with one attached hydrogen (secondary N) is 1. The number of rotatable bonds is 5. The molecule has 0 saturated carbocycles. The number of amides is 1. The van der Waals surface area contributed by atoms with E-state index in [-0.39, 0.29) is 28.4 Å². The SMILES string of the molecule is Cc1c(NC(=O)c2ccc(OCC(F)(F)F)nc2)cccc1[N+](=O)[O-]. The lowest BCUT2D eigenvalue weighted by Crippen LogP contribution is -2.19. The first kappa shape index (κ1) is 18.2. The maximum Gasteiger partial charge on any atom is 0.422 e. The van der Waals surface area contributed by atoms with Crippen LogP contribution in [0.25, 0.3) is 0 Å². The summed E-state index contributed by atoms with van der Waals surface area (Å²) in [5, 5.41) is 13.4. The van der Waals surface area contributed by atoms with E-state index < -0.39 is 23.6 Å². The first-order valence-corrected chi connectivity index (χ1v) is 6.88. The topological polar surface area (TPSA) is 94.4 Å². The van der Waals surface area contributed by atoms with Gasteiger partial charge in [-0.2, -0.15) is 13.2 Å².